The molecule has 0 saturated carbocycles. The summed E-state index contributed by atoms with van der Waals surface area (Å²) in [4.78, 5) is 14.0. The van der Waals surface area contributed by atoms with Gasteiger partial charge in [0.1, 0.15) is 5.75 Å². The summed E-state index contributed by atoms with van der Waals surface area (Å²) in [6.07, 6.45) is 1.90. The van der Waals surface area contributed by atoms with Crippen molar-refractivity contribution in [2.75, 3.05) is 27.2 Å². The van der Waals surface area contributed by atoms with Gasteiger partial charge in [0.15, 0.2) is 0 Å². The number of ether oxygens (including phenoxy) is 1. The van der Waals surface area contributed by atoms with Crippen molar-refractivity contribution in [1.82, 2.24) is 10.2 Å². The molecule has 1 fully saturated rings. The van der Waals surface area contributed by atoms with E-state index in [1.165, 1.54) is 5.56 Å². The SMILES string of the molecule is CNC(=O)C1CCN(Cc2cccc(OC)c2)CC1. The number of nitrogens with zero attached hydrogens (tertiary/aromatic N) is 1. The highest BCUT2D eigenvalue weighted by Gasteiger charge is 2.23. The van der Waals surface area contributed by atoms with E-state index in [-0.39, 0.29) is 11.8 Å². The fourth-order valence-corrected chi connectivity index (χ4v) is 2.59. The van der Waals surface area contributed by atoms with Gasteiger partial charge >= 0.3 is 0 Å². The first-order chi connectivity index (χ1) is 9.22. The van der Waals surface area contributed by atoms with Gasteiger partial charge in [0.2, 0.25) is 5.91 Å². The van der Waals surface area contributed by atoms with E-state index in [0.717, 1.165) is 38.2 Å². The van der Waals surface area contributed by atoms with Gasteiger partial charge in [-0.25, -0.2) is 0 Å². The van der Waals surface area contributed by atoms with Crippen LogP contribution in [0.15, 0.2) is 24.3 Å². The Bertz CT molecular complexity index is 426. The third kappa shape index (κ3) is 3.70. The normalized spacial score (nSPS) is 17.2. The first-order valence-electron chi connectivity index (χ1n) is 6.80. The van der Waals surface area contributed by atoms with Crippen LogP contribution in [0.1, 0.15) is 18.4 Å². The van der Waals surface area contributed by atoms with Crippen molar-refractivity contribution in [3.05, 3.63) is 29.8 Å². The van der Waals surface area contributed by atoms with Crippen LogP contribution < -0.4 is 10.1 Å². The van der Waals surface area contributed by atoms with Gasteiger partial charge < -0.3 is 10.1 Å². The summed E-state index contributed by atoms with van der Waals surface area (Å²) in [6, 6.07) is 8.17. The monoisotopic (exact) mass is 262 g/mol. The van der Waals surface area contributed by atoms with Crippen LogP contribution in [0, 0.1) is 5.92 Å². The van der Waals surface area contributed by atoms with Crippen molar-refractivity contribution < 1.29 is 9.53 Å². The Labute approximate surface area is 114 Å². The molecule has 0 aliphatic carbocycles. The van der Waals surface area contributed by atoms with Crippen LogP contribution in [-0.2, 0) is 11.3 Å². The number of hydrogen-bond acceptors (Lipinski definition) is 3. The van der Waals surface area contributed by atoms with E-state index in [1.54, 1.807) is 14.2 Å². The van der Waals surface area contributed by atoms with Crippen molar-refractivity contribution in [2.45, 2.75) is 19.4 Å². The van der Waals surface area contributed by atoms with Crippen LogP contribution in [-0.4, -0.2) is 38.1 Å². The van der Waals surface area contributed by atoms with Crippen molar-refractivity contribution in [3.8, 4) is 5.75 Å². The first-order valence-corrected chi connectivity index (χ1v) is 6.80. The summed E-state index contributed by atoms with van der Waals surface area (Å²) in [5.74, 6) is 1.27. The van der Waals surface area contributed by atoms with Gasteiger partial charge in [0.25, 0.3) is 0 Å². The summed E-state index contributed by atoms with van der Waals surface area (Å²) in [6.45, 7) is 2.89. The van der Waals surface area contributed by atoms with Gasteiger partial charge in [-0.2, -0.15) is 0 Å². The lowest BCUT2D eigenvalue weighted by atomic mass is 9.95. The molecular formula is C15H22N2O2. The van der Waals surface area contributed by atoms with Gasteiger partial charge in [-0.15, -0.1) is 0 Å². The zero-order chi connectivity index (χ0) is 13.7. The number of rotatable bonds is 4. The third-order valence-electron chi connectivity index (χ3n) is 3.75. The Morgan fingerprint density at radius 3 is 2.79 bits per heavy atom. The Hall–Kier alpha value is -1.55. The van der Waals surface area contributed by atoms with Gasteiger partial charge in [-0.1, -0.05) is 12.1 Å². The van der Waals surface area contributed by atoms with Crippen LogP contribution in [0.3, 0.4) is 0 Å². The van der Waals surface area contributed by atoms with E-state index < -0.39 is 0 Å². The van der Waals surface area contributed by atoms with Gasteiger partial charge in [-0.3, -0.25) is 9.69 Å². The van der Waals surface area contributed by atoms with Gasteiger partial charge in [0.05, 0.1) is 7.11 Å². The molecule has 0 unspecified atom stereocenters. The summed E-state index contributed by atoms with van der Waals surface area (Å²) in [5, 5.41) is 2.74. The number of nitrogens with one attached hydrogen (secondary N) is 1. The second-order valence-electron chi connectivity index (χ2n) is 5.02. The summed E-state index contributed by atoms with van der Waals surface area (Å²) in [5.41, 5.74) is 1.26. The number of amides is 1. The Morgan fingerprint density at radius 2 is 2.16 bits per heavy atom. The highest BCUT2D eigenvalue weighted by molar-refractivity contribution is 5.78. The zero-order valence-electron chi connectivity index (χ0n) is 11.7. The zero-order valence-corrected chi connectivity index (χ0v) is 11.7. The molecule has 0 spiro atoms. The van der Waals surface area contributed by atoms with E-state index >= 15 is 0 Å². The quantitative estimate of drug-likeness (QED) is 0.897. The molecule has 2 rings (SSSR count). The molecule has 1 aliphatic heterocycles. The number of carbonyl (C=O) groups excluding carboxylic acids is 1. The molecular weight excluding hydrogens is 240 g/mol. The van der Waals surface area contributed by atoms with Crippen LogP contribution in [0.25, 0.3) is 0 Å². The number of benzene rings is 1. The second kappa shape index (κ2) is 6.57. The number of carbonyl (C=O) groups is 1. The maximum absolute atomic E-state index is 11.6. The lowest BCUT2D eigenvalue weighted by Gasteiger charge is -2.31. The molecule has 1 N–H and O–H groups in total. The van der Waals surface area contributed by atoms with Crippen molar-refractivity contribution in [2.24, 2.45) is 5.92 Å². The average molecular weight is 262 g/mol. The topological polar surface area (TPSA) is 41.6 Å². The van der Waals surface area contributed by atoms with E-state index in [1.807, 2.05) is 12.1 Å². The number of hydrogen-bond donors (Lipinski definition) is 1. The van der Waals surface area contributed by atoms with E-state index in [9.17, 15) is 4.79 Å². The lowest BCUT2D eigenvalue weighted by Crippen LogP contribution is -2.39. The minimum atomic E-state index is 0.182. The van der Waals surface area contributed by atoms with Gasteiger partial charge in [0, 0.05) is 19.5 Å². The van der Waals surface area contributed by atoms with Crippen LogP contribution in [0.2, 0.25) is 0 Å². The molecule has 1 amide bonds. The smallest absolute Gasteiger partial charge is 0.222 e. The molecule has 4 nitrogen and oxygen atoms in total. The van der Waals surface area contributed by atoms with E-state index in [2.05, 4.69) is 22.3 Å². The highest BCUT2D eigenvalue weighted by Crippen LogP contribution is 2.20. The standard InChI is InChI=1S/C15H22N2O2/c1-16-15(18)13-6-8-17(9-7-13)11-12-4-3-5-14(10-12)19-2/h3-5,10,13H,6-9,11H2,1-2H3,(H,16,18). The maximum Gasteiger partial charge on any atom is 0.222 e. The molecule has 4 heteroatoms. The second-order valence-corrected chi connectivity index (χ2v) is 5.02. The third-order valence-corrected chi connectivity index (χ3v) is 3.75. The predicted molar refractivity (Wildman–Crippen MR) is 75.1 cm³/mol. The minimum absolute atomic E-state index is 0.182. The highest BCUT2D eigenvalue weighted by atomic mass is 16.5. The maximum atomic E-state index is 11.6. The molecule has 1 aromatic rings. The molecule has 1 aromatic carbocycles. The van der Waals surface area contributed by atoms with Crippen LogP contribution >= 0.6 is 0 Å². The molecule has 1 saturated heterocycles. The predicted octanol–water partition coefficient (Wildman–Crippen LogP) is 1.65. The number of likely N-dealkylation sites (tertiary alicyclic amines) is 1. The van der Waals surface area contributed by atoms with E-state index in [4.69, 9.17) is 4.74 Å². The molecule has 1 heterocycles. The van der Waals surface area contributed by atoms with E-state index in [0.29, 0.717) is 0 Å². The molecule has 0 radical (unpaired) electrons. The molecule has 0 bridgehead atoms. The number of methoxy groups -OCH3 is 1. The minimum Gasteiger partial charge on any atom is -0.497 e. The lowest BCUT2D eigenvalue weighted by molar-refractivity contribution is -0.125. The first kappa shape index (κ1) is 13.9. The van der Waals surface area contributed by atoms with Crippen molar-refractivity contribution >= 4 is 5.91 Å². The largest absolute Gasteiger partial charge is 0.497 e. The van der Waals surface area contributed by atoms with Crippen LogP contribution in [0.5, 0.6) is 5.75 Å². The molecule has 104 valence electrons. The summed E-state index contributed by atoms with van der Waals surface area (Å²) in [7, 11) is 3.40. The van der Waals surface area contributed by atoms with Crippen molar-refractivity contribution in [3.63, 3.8) is 0 Å². The molecule has 19 heavy (non-hydrogen) atoms. The average Bonchev–Trinajstić information content (AvgIpc) is 2.47. The fourth-order valence-electron chi connectivity index (χ4n) is 2.59. The Kier molecular flexibility index (Phi) is 4.80. The Morgan fingerprint density at radius 1 is 1.42 bits per heavy atom. The van der Waals surface area contributed by atoms with Gasteiger partial charge in [-0.05, 0) is 43.6 Å². The Balaban J connectivity index is 1.86. The number of piperidine rings is 1. The van der Waals surface area contributed by atoms with Crippen LogP contribution in [0.4, 0.5) is 0 Å². The summed E-state index contributed by atoms with van der Waals surface area (Å²) >= 11 is 0. The fraction of sp³-hybridized carbons (Fsp3) is 0.533. The molecule has 1 aliphatic rings. The van der Waals surface area contributed by atoms with Crippen molar-refractivity contribution in [1.29, 1.82) is 0 Å². The molecule has 0 atom stereocenters. The molecule has 0 aromatic heterocycles. The summed E-state index contributed by atoms with van der Waals surface area (Å²) < 4.78 is 5.24.